The summed E-state index contributed by atoms with van der Waals surface area (Å²) in [7, 11) is 0. The fraction of sp³-hybridized carbons (Fsp3) is 0.423. The summed E-state index contributed by atoms with van der Waals surface area (Å²) in [5.74, 6) is -2.19. The SMILES string of the molecule is C=CCOC(=O)/C(C#N)=c1/s/c(=C\c2sc(-c3sc(-c4ccc5c(c4)CCc4ccccc4N5CCCCCC)cc3CCCCCC)cc2CCCCCC)c(=O)n1CC(=O)O. The Morgan fingerprint density at radius 3 is 2.17 bits per heavy atom. The molecule has 1 aliphatic heterocycles. The minimum Gasteiger partial charge on any atom is -0.480 e. The number of carboxylic acid groups (broad SMARTS) is 1. The molecule has 0 saturated carbocycles. The van der Waals surface area contributed by atoms with Gasteiger partial charge in [0.25, 0.3) is 5.56 Å². The van der Waals surface area contributed by atoms with Crippen molar-refractivity contribution < 1.29 is 19.4 Å². The lowest BCUT2D eigenvalue weighted by molar-refractivity contribution is -0.138. The highest BCUT2D eigenvalue weighted by Gasteiger charge is 2.23. The van der Waals surface area contributed by atoms with Gasteiger partial charge in [-0.2, -0.15) is 5.26 Å². The maximum Gasteiger partial charge on any atom is 0.352 e. The van der Waals surface area contributed by atoms with E-state index in [1.165, 1.54) is 88.0 Å². The molecule has 63 heavy (non-hydrogen) atoms. The number of hydrogen-bond acceptors (Lipinski definition) is 9. The fourth-order valence-corrected chi connectivity index (χ4v) is 12.0. The van der Waals surface area contributed by atoms with Crippen LogP contribution in [0.5, 0.6) is 0 Å². The van der Waals surface area contributed by atoms with Gasteiger partial charge < -0.3 is 14.7 Å². The van der Waals surface area contributed by atoms with Gasteiger partial charge in [-0.25, -0.2) is 4.79 Å². The topological polar surface area (TPSA) is 113 Å². The normalized spacial score (nSPS) is 13.0. The molecule has 332 valence electrons. The molecule has 0 spiro atoms. The number of ether oxygens (including phenoxy) is 1. The molecule has 0 aliphatic carbocycles. The van der Waals surface area contributed by atoms with Crippen LogP contribution in [0.2, 0.25) is 0 Å². The van der Waals surface area contributed by atoms with E-state index < -0.39 is 29.6 Å². The second-order valence-electron chi connectivity index (χ2n) is 16.3. The summed E-state index contributed by atoms with van der Waals surface area (Å²) in [5.41, 5.74) is 8.18. The van der Waals surface area contributed by atoms with E-state index in [4.69, 9.17) is 4.74 Å². The molecular formula is C52H61N3O5S3. The van der Waals surface area contributed by atoms with Crippen LogP contribution < -0.4 is 19.7 Å². The number of rotatable bonds is 23. The molecule has 0 bridgehead atoms. The van der Waals surface area contributed by atoms with Crippen molar-refractivity contribution in [2.75, 3.05) is 18.1 Å². The molecule has 2 aromatic carbocycles. The molecule has 5 aromatic rings. The standard InChI is InChI=1S/C52H61N3O5S3/c1-5-9-12-15-21-38-31-46(61-45(38)33-47-50(58)55(35-48(56)57)51(63-47)41(34-53)52(59)60-29-8-4)49-40(22-16-13-10-6-2)32-44(62-49)39-26-27-43-37(30-39)25-24-36-20-17-18-23-42(36)54(43)28-19-14-11-7-3/h8,17-18,20,23,26-27,30-33H,4-7,9-16,19,21-22,24-25,28-29,35H2,1-3H3,(H,56,57)/b47-33-,51-41+. The molecule has 0 fully saturated rings. The van der Waals surface area contributed by atoms with E-state index in [0.29, 0.717) is 0 Å². The van der Waals surface area contributed by atoms with Crippen LogP contribution in [0.15, 0.2) is 72.0 Å². The Morgan fingerprint density at radius 2 is 1.48 bits per heavy atom. The maximum atomic E-state index is 13.9. The van der Waals surface area contributed by atoms with Gasteiger partial charge in [0.2, 0.25) is 0 Å². The van der Waals surface area contributed by atoms with E-state index in [-0.39, 0.29) is 15.8 Å². The quantitative estimate of drug-likeness (QED) is 0.0395. The summed E-state index contributed by atoms with van der Waals surface area (Å²) >= 11 is 4.45. The number of thiazole rings is 1. The Bertz CT molecular complexity index is 2600. The van der Waals surface area contributed by atoms with Gasteiger partial charge in [0, 0.05) is 37.4 Å². The number of benzene rings is 2. The fourth-order valence-electron chi connectivity index (χ4n) is 8.34. The Balaban J connectivity index is 1.45. The zero-order chi connectivity index (χ0) is 44.7. The minimum absolute atomic E-state index is 0.0343. The van der Waals surface area contributed by atoms with Crippen molar-refractivity contribution in [3.63, 3.8) is 0 Å². The van der Waals surface area contributed by atoms with Gasteiger partial charge in [-0.15, -0.1) is 34.0 Å². The molecule has 8 nitrogen and oxygen atoms in total. The van der Waals surface area contributed by atoms with Crippen LogP contribution >= 0.6 is 34.0 Å². The molecule has 1 aliphatic rings. The highest BCUT2D eigenvalue weighted by molar-refractivity contribution is 7.24. The van der Waals surface area contributed by atoms with Crippen LogP contribution in [-0.2, 0) is 46.6 Å². The number of thiophene rings is 2. The number of unbranched alkanes of at least 4 members (excludes halogenated alkanes) is 9. The molecule has 3 aromatic heterocycles. The van der Waals surface area contributed by atoms with Gasteiger partial charge in [-0.05, 0) is 109 Å². The van der Waals surface area contributed by atoms with E-state index in [2.05, 4.69) is 86.8 Å². The number of aromatic nitrogens is 1. The van der Waals surface area contributed by atoms with Crippen molar-refractivity contribution in [3.05, 3.63) is 114 Å². The van der Waals surface area contributed by atoms with E-state index in [9.17, 15) is 24.8 Å². The van der Waals surface area contributed by atoms with Crippen LogP contribution in [0.25, 0.3) is 31.8 Å². The predicted octanol–water partition coefficient (Wildman–Crippen LogP) is 11.7. The average Bonchev–Trinajstić information content (AvgIpc) is 3.95. The number of aliphatic carboxylic acids is 1. The highest BCUT2D eigenvalue weighted by Crippen LogP contribution is 2.45. The summed E-state index contributed by atoms with van der Waals surface area (Å²) in [6, 6.07) is 22.5. The van der Waals surface area contributed by atoms with Crippen molar-refractivity contribution in [1.29, 1.82) is 5.26 Å². The number of aryl methyl sites for hydroxylation is 4. The number of hydrogen-bond donors (Lipinski definition) is 1. The summed E-state index contributed by atoms with van der Waals surface area (Å²) < 4.78 is 6.36. The Morgan fingerprint density at radius 1 is 0.810 bits per heavy atom. The number of para-hydroxylation sites is 1. The first-order valence-electron chi connectivity index (χ1n) is 22.8. The van der Waals surface area contributed by atoms with Crippen LogP contribution in [-0.4, -0.2) is 34.8 Å². The molecular weight excluding hydrogens is 843 g/mol. The second-order valence-corrected chi connectivity index (χ2v) is 19.5. The van der Waals surface area contributed by atoms with E-state index in [1.54, 1.807) is 11.3 Å². The molecule has 6 rings (SSSR count). The third-order valence-corrected chi connectivity index (χ3v) is 15.3. The largest absolute Gasteiger partial charge is 0.480 e. The number of fused-ring (bicyclic) bond motifs is 2. The number of carbonyl (C=O) groups is 2. The summed E-state index contributed by atoms with van der Waals surface area (Å²) in [5, 5.41) is 19.7. The van der Waals surface area contributed by atoms with Crippen molar-refractivity contribution in [3.8, 4) is 26.3 Å². The van der Waals surface area contributed by atoms with Crippen LogP contribution in [0.4, 0.5) is 11.4 Å². The molecule has 0 saturated heterocycles. The lowest BCUT2D eigenvalue weighted by Gasteiger charge is -2.27. The maximum absolute atomic E-state index is 13.9. The molecule has 0 radical (unpaired) electrons. The number of esters is 1. The Kier molecular flexibility index (Phi) is 17.8. The highest BCUT2D eigenvalue weighted by atomic mass is 32.1. The Labute approximate surface area is 384 Å². The van der Waals surface area contributed by atoms with Gasteiger partial charge in [-0.3, -0.25) is 14.2 Å². The zero-order valence-electron chi connectivity index (χ0n) is 37.1. The van der Waals surface area contributed by atoms with Gasteiger partial charge >= 0.3 is 11.9 Å². The van der Waals surface area contributed by atoms with E-state index in [1.807, 2.05) is 23.5 Å². The first kappa shape index (κ1) is 47.5. The molecule has 0 amide bonds. The molecule has 4 heterocycles. The summed E-state index contributed by atoms with van der Waals surface area (Å²) in [4.78, 5) is 45.9. The lowest BCUT2D eigenvalue weighted by Crippen LogP contribution is -2.35. The van der Waals surface area contributed by atoms with Crippen molar-refractivity contribution >= 4 is 69.0 Å². The van der Waals surface area contributed by atoms with Gasteiger partial charge in [0.15, 0.2) is 5.57 Å². The number of nitrogens with zero attached hydrogens (tertiary/aromatic N) is 3. The van der Waals surface area contributed by atoms with Gasteiger partial charge in [-0.1, -0.05) is 115 Å². The van der Waals surface area contributed by atoms with Crippen molar-refractivity contribution in [2.45, 2.75) is 130 Å². The van der Waals surface area contributed by atoms with Crippen molar-refractivity contribution in [1.82, 2.24) is 4.57 Å². The first-order valence-corrected chi connectivity index (χ1v) is 25.3. The molecule has 1 N–H and O–H groups in total. The van der Waals surface area contributed by atoms with E-state index >= 15 is 0 Å². The monoisotopic (exact) mass is 903 g/mol. The molecule has 0 atom stereocenters. The number of carboxylic acids is 1. The third-order valence-electron chi connectivity index (χ3n) is 11.6. The Hall–Kier alpha value is -5.02. The van der Waals surface area contributed by atoms with Crippen LogP contribution in [0, 0.1) is 11.3 Å². The van der Waals surface area contributed by atoms with Gasteiger partial charge in [0.1, 0.15) is 23.9 Å². The number of nitriles is 1. The number of anilines is 2. The van der Waals surface area contributed by atoms with Gasteiger partial charge in [0.05, 0.1) is 4.53 Å². The van der Waals surface area contributed by atoms with Crippen LogP contribution in [0.1, 0.15) is 125 Å². The third kappa shape index (κ3) is 12.0. The van der Waals surface area contributed by atoms with Crippen LogP contribution in [0.3, 0.4) is 0 Å². The number of carbonyl (C=O) groups excluding carboxylic acids is 1. The summed E-state index contributed by atoms with van der Waals surface area (Å²) in [6.45, 7) is 10.4. The predicted molar refractivity (Wildman–Crippen MR) is 263 cm³/mol. The average molecular weight is 904 g/mol. The molecule has 0 unspecified atom stereocenters. The second kappa shape index (κ2) is 23.6. The first-order chi connectivity index (χ1) is 30.7. The van der Waals surface area contributed by atoms with Crippen molar-refractivity contribution in [2.24, 2.45) is 0 Å². The minimum atomic E-state index is -1.26. The zero-order valence-corrected chi connectivity index (χ0v) is 39.6. The van der Waals surface area contributed by atoms with E-state index in [0.717, 1.165) is 102 Å². The lowest BCUT2D eigenvalue weighted by atomic mass is 10.0. The summed E-state index contributed by atoms with van der Waals surface area (Å²) in [6.07, 6.45) is 20.9. The molecule has 11 heteroatoms. The smallest absolute Gasteiger partial charge is 0.352 e.